The van der Waals surface area contributed by atoms with Gasteiger partial charge in [-0.15, -0.1) is 0 Å². The van der Waals surface area contributed by atoms with E-state index in [-0.39, 0.29) is 12.6 Å². The van der Waals surface area contributed by atoms with Crippen LogP contribution in [-0.4, -0.2) is 42.3 Å². The van der Waals surface area contributed by atoms with Crippen molar-refractivity contribution >= 4 is 0 Å². The molecule has 13 heavy (non-hydrogen) atoms. The van der Waals surface area contributed by atoms with Crippen LogP contribution < -0.4 is 5.73 Å². The molecule has 0 radical (unpaired) electrons. The maximum Gasteiger partial charge on any atom is 0.0446 e. The Morgan fingerprint density at radius 1 is 1.31 bits per heavy atom. The number of aliphatic hydroxyl groups excluding tert-OH is 1. The molecule has 1 atom stereocenters. The van der Waals surface area contributed by atoms with Crippen LogP contribution in [0.15, 0.2) is 0 Å². The quantitative estimate of drug-likeness (QED) is 0.622. The minimum Gasteiger partial charge on any atom is -0.396 e. The first-order valence-corrected chi connectivity index (χ1v) is 5.22. The second-order valence-electron chi connectivity index (χ2n) is 3.68. The first kappa shape index (κ1) is 12.9. The smallest absolute Gasteiger partial charge is 0.0446 e. The molecule has 0 saturated heterocycles. The highest BCUT2D eigenvalue weighted by molar-refractivity contribution is 4.71. The summed E-state index contributed by atoms with van der Waals surface area (Å²) in [5, 5.41) is 8.70. The maximum atomic E-state index is 8.70. The van der Waals surface area contributed by atoms with Gasteiger partial charge in [-0.2, -0.15) is 0 Å². The van der Waals surface area contributed by atoms with Gasteiger partial charge in [-0.3, -0.25) is 0 Å². The predicted molar refractivity (Wildman–Crippen MR) is 56.7 cm³/mol. The van der Waals surface area contributed by atoms with Crippen molar-refractivity contribution in [2.24, 2.45) is 5.73 Å². The molecule has 3 nitrogen and oxygen atoms in total. The number of hydrogen-bond acceptors (Lipinski definition) is 3. The van der Waals surface area contributed by atoms with Crippen LogP contribution in [0.5, 0.6) is 0 Å². The van der Waals surface area contributed by atoms with Gasteiger partial charge >= 0.3 is 0 Å². The normalized spacial score (nSPS) is 14.1. The predicted octanol–water partition coefficient (Wildman–Crippen LogP) is 0.817. The van der Waals surface area contributed by atoms with Gasteiger partial charge in [-0.05, 0) is 26.3 Å². The van der Waals surface area contributed by atoms with E-state index in [1.165, 1.54) is 12.8 Å². The molecule has 0 aliphatic carbocycles. The topological polar surface area (TPSA) is 49.5 Å². The average Bonchev–Trinajstić information content (AvgIpc) is 2.06. The number of likely N-dealkylation sites (N-methyl/N-ethyl adjacent to an activating group) is 1. The number of rotatable bonds is 7. The van der Waals surface area contributed by atoms with Crippen molar-refractivity contribution in [1.29, 1.82) is 0 Å². The van der Waals surface area contributed by atoms with E-state index in [2.05, 4.69) is 25.8 Å². The third-order valence-corrected chi connectivity index (χ3v) is 2.59. The third-order valence-electron chi connectivity index (χ3n) is 2.59. The van der Waals surface area contributed by atoms with Crippen LogP contribution in [0.3, 0.4) is 0 Å². The van der Waals surface area contributed by atoms with Gasteiger partial charge < -0.3 is 15.7 Å². The molecule has 0 amide bonds. The second-order valence-corrected chi connectivity index (χ2v) is 3.68. The Bertz CT molecular complexity index is 115. The highest BCUT2D eigenvalue weighted by atomic mass is 16.3. The Hall–Kier alpha value is -0.120. The zero-order valence-electron chi connectivity index (χ0n) is 9.16. The highest BCUT2D eigenvalue weighted by Crippen LogP contribution is 2.06. The van der Waals surface area contributed by atoms with E-state index in [9.17, 15) is 0 Å². The van der Waals surface area contributed by atoms with E-state index < -0.39 is 0 Å². The van der Waals surface area contributed by atoms with E-state index in [1.54, 1.807) is 0 Å². The van der Waals surface area contributed by atoms with Crippen LogP contribution in [0, 0.1) is 0 Å². The van der Waals surface area contributed by atoms with Crippen LogP contribution in [0.1, 0.15) is 33.1 Å². The van der Waals surface area contributed by atoms with Gasteiger partial charge in [0.05, 0.1) is 0 Å². The SMILES string of the molecule is CCC(CC)N(C)CC(N)CCO. The van der Waals surface area contributed by atoms with Crippen molar-refractivity contribution in [2.45, 2.75) is 45.2 Å². The van der Waals surface area contributed by atoms with Crippen molar-refractivity contribution in [3.8, 4) is 0 Å². The molecule has 0 aromatic carbocycles. The van der Waals surface area contributed by atoms with Crippen LogP contribution in [-0.2, 0) is 0 Å². The highest BCUT2D eigenvalue weighted by Gasteiger charge is 2.12. The lowest BCUT2D eigenvalue weighted by Crippen LogP contribution is -2.41. The van der Waals surface area contributed by atoms with E-state index in [4.69, 9.17) is 10.8 Å². The molecular weight excluding hydrogens is 164 g/mol. The number of nitrogens with two attached hydrogens (primary N) is 1. The van der Waals surface area contributed by atoms with Crippen LogP contribution >= 0.6 is 0 Å². The monoisotopic (exact) mass is 188 g/mol. The number of aliphatic hydroxyl groups is 1. The van der Waals surface area contributed by atoms with Gasteiger partial charge in [0.2, 0.25) is 0 Å². The van der Waals surface area contributed by atoms with Crippen LogP contribution in [0.4, 0.5) is 0 Å². The summed E-state index contributed by atoms with van der Waals surface area (Å²) in [6, 6.07) is 0.736. The Balaban J connectivity index is 3.75. The van der Waals surface area contributed by atoms with Crippen molar-refractivity contribution in [1.82, 2.24) is 4.90 Å². The molecular formula is C10H24N2O. The Kier molecular flexibility index (Phi) is 7.23. The van der Waals surface area contributed by atoms with E-state index in [1.807, 2.05) is 0 Å². The maximum absolute atomic E-state index is 8.70. The average molecular weight is 188 g/mol. The van der Waals surface area contributed by atoms with E-state index in [0.717, 1.165) is 6.54 Å². The molecule has 1 unspecified atom stereocenters. The van der Waals surface area contributed by atoms with E-state index >= 15 is 0 Å². The molecule has 3 N–H and O–H groups in total. The lowest BCUT2D eigenvalue weighted by molar-refractivity contribution is 0.198. The van der Waals surface area contributed by atoms with Crippen LogP contribution in [0.25, 0.3) is 0 Å². The number of nitrogens with zero attached hydrogens (tertiary/aromatic N) is 1. The van der Waals surface area contributed by atoms with Gasteiger partial charge in [0.1, 0.15) is 0 Å². The lowest BCUT2D eigenvalue weighted by Gasteiger charge is -2.28. The van der Waals surface area contributed by atoms with Crippen molar-refractivity contribution < 1.29 is 5.11 Å². The molecule has 0 aliphatic rings. The number of hydrogen-bond donors (Lipinski definition) is 2. The minimum atomic E-state index is 0.107. The van der Waals surface area contributed by atoms with Gasteiger partial charge in [-0.1, -0.05) is 13.8 Å². The summed E-state index contributed by atoms with van der Waals surface area (Å²) in [4.78, 5) is 2.29. The largest absolute Gasteiger partial charge is 0.396 e. The molecule has 0 bridgehead atoms. The minimum absolute atomic E-state index is 0.107. The van der Waals surface area contributed by atoms with Gasteiger partial charge in [-0.25, -0.2) is 0 Å². The van der Waals surface area contributed by atoms with Crippen molar-refractivity contribution in [2.75, 3.05) is 20.2 Å². The zero-order valence-corrected chi connectivity index (χ0v) is 9.16. The van der Waals surface area contributed by atoms with Crippen molar-refractivity contribution in [3.63, 3.8) is 0 Å². The fourth-order valence-electron chi connectivity index (χ4n) is 1.69. The van der Waals surface area contributed by atoms with Gasteiger partial charge in [0.25, 0.3) is 0 Å². The molecule has 0 fully saturated rings. The fourth-order valence-corrected chi connectivity index (χ4v) is 1.69. The molecule has 0 aliphatic heterocycles. The van der Waals surface area contributed by atoms with Gasteiger partial charge in [0, 0.05) is 25.2 Å². The molecule has 0 aromatic rings. The summed E-state index contributed by atoms with van der Waals surface area (Å²) in [6.45, 7) is 5.47. The lowest BCUT2D eigenvalue weighted by atomic mass is 10.1. The first-order valence-electron chi connectivity index (χ1n) is 5.22. The second kappa shape index (κ2) is 7.30. The Labute approximate surface area is 81.9 Å². The molecule has 0 saturated carbocycles. The summed E-state index contributed by atoms with van der Waals surface area (Å²) in [6.07, 6.45) is 3.03. The van der Waals surface area contributed by atoms with Crippen molar-refractivity contribution in [3.05, 3.63) is 0 Å². The molecule has 0 heterocycles. The summed E-state index contributed by atoms with van der Waals surface area (Å²) in [7, 11) is 2.11. The molecule has 0 aromatic heterocycles. The summed E-state index contributed by atoms with van der Waals surface area (Å²) in [5.41, 5.74) is 5.83. The molecule has 0 spiro atoms. The third kappa shape index (κ3) is 5.24. The first-order chi connectivity index (χ1) is 6.15. The van der Waals surface area contributed by atoms with E-state index in [0.29, 0.717) is 12.5 Å². The summed E-state index contributed by atoms with van der Waals surface area (Å²) >= 11 is 0. The van der Waals surface area contributed by atoms with Crippen LogP contribution in [0.2, 0.25) is 0 Å². The zero-order chi connectivity index (χ0) is 10.3. The fraction of sp³-hybridized carbons (Fsp3) is 1.00. The van der Waals surface area contributed by atoms with Gasteiger partial charge in [0.15, 0.2) is 0 Å². The molecule has 0 rings (SSSR count). The Morgan fingerprint density at radius 2 is 1.85 bits per heavy atom. The summed E-state index contributed by atoms with van der Waals surface area (Å²) in [5.74, 6) is 0. The molecule has 80 valence electrons. The standard InChI is InChI=1S/C10H24N2O/c1-4-10(5-2)12(3)8-9(11)6-7-13/h9-10,13H,4-8,11H2,1-3H3. The molecule has 3 heteroatoms. The summed E-state index contributed by atoms with van der Waals surface area (Å²) < 4.78 is 0. The Morgan fingerprint density at radius 3 is 2.23 bits per heavy atom.